The van der Waals surface area contributed by atoms with Crippen LogP contribution in [-0.4, -0.2) is 42.0 Å². The molecule has 1 aliphatic heterocycles. The third-order valence-corrected chi connectivity index (χ3v) is 5.54. The van der Waals surface area contributed by atoms with Crippen LogP contribution in [0.4, 0.5) is 4.39 Å². The summed E-state index contributed by atoms with van der Waals surface area (Å²) in [7, 11) is -3.14. The van der Waals surface area contributed by atoms with E-state index in [1.807, 2.05) is 0 Å². The fraction of sp³-hybridized carbons (Fsp3) is 0.412. The quantitative estimate of drug-likeness (QED) is 0.851. The molecule has 2 heterocycles. The maximum atomic E-state index is 13.0. The molecule has 1 aromatic heterocycles. The molecule has 1 unspecified atom stereocenters. The van der Waals surface area contributed by atoms with E-state index in [0.29, 0.717) is 25.2 Å². The molecule has 1 saturated heterocycles. The van der Waals surface area contributed by atoms with E-state index in [1.165, 1.54) is 18.4 Å². The largest absolute Gasteiger partial charge is 0.261 e. The van der Waals surface area contributed by atoms with Crippen LogP contribution in [0.2, 0.25) is 0 Å². The molecule has 128 valence electrons. The predicted molar refractivity (Wildman–Crippen MR) is 90.3 cm³/mol. The zero-order valence-electron chi connectivity index (χ0n) is 13.5. The van der Waals surface area contributed by atoms with Crippen LogP contribution < -0.4 is 0 Å². The number of hydrogen-bond acceptors (Lipinski definition) is 4. The van der Waals surface area contributed by atoms with Gasteiger partial charge in [0.25, 0.3) is 0 Å². The Morgan fingerprint density at radius 1 is 1.25 bits per heavy atom. The number of aromatic nitrogens is 2. The van der Waals surface area contributed by atoms with E-state index in [4.69, 9.17) is 0 Å². The fourth-order valence-corrected chi connectivity index (χ4v) is 4.00. The van der Waals surface area contributed by atoms with E-state index >= 15 is 0 Å². The average Bonchev–Trinajstić information content (AvgIpc) is 2.55. The second-order valence-electron chi connectivity index (χ2n) is 6.24. The van der Waals surface area contributed by atoms with Crippen LogP contribution in [0.25, 0.3) is 11.3 Å². The predicted octanol–water partition coefficient (Wildman–Crippen LogP) is 2.50. The first-order chi connectivity index (χ1) is 11.4. The summed E-state index contributed by atoms with van der Waals surface area (Å²) < 4.78 is 38.0. The van der Waals surface area contributed by atoms with Gasteiger partial charge >= 0.3 is 0 Å². The molecule has 5 nitrogen and oxygen atoms in total. The Morgan fingerprint density at radius 3 is 2.71 bits per heavy atom. The van der Waals surface area contributed by atoms with Gasteiger partial charge in [-0.15, -0.1) is 0 Å². The topological polar surface area (TPSA) is 63.2 Å². The van der Waals surface area contributed by atoms with Gasteiger partial charge in [-0.25, -0.2) is 22.1 Å². The van der Waals surface area contributed by atoms with Crippen LogP contribution in [0.5, 0.6) is 0 Å². The molecular weight excluding hydrogens is 329 g/mol. The van der Waals surface area contributed by atoms with E-state index in [0.717, 1.165) is 24.1 Å². The van der Waals surface area contributed by atoms with E-state index in [2.05, 4.69) is 9.97 Å². The molecule has 1 fully saturated rings. The van der Waals surface area contributed by atoms with Crippen LogP contribution in [0.3, 0.4) is 0 Å². The summed E-state index contributed by atoms with van der Waals surface area (Å²) in [6, 6.07) is 6.15. The minimum absolute atomic E-state index is 0.242. The molecular formula is C17H20FN3O2S. The van der Waals surface area contributed by atoms with Crippen LogP contribution in [0.15, 0.2) is 36.7 Å². The zero-order valence-corrected chi connectivity index (χ0v) is 14.3. The molecule has 1 atom stereocenters. The van der Waals surface area contributed by atoms with E-state index in [9.17, 15) is 12.8 Å². The second kappa shape index (κ2) is 6.94. The third-order valence-electron chi connectivity index (χ3n) is 4.27. The summed E-state index contributed by atoms with van der Waals surface area (Å²) in [5.74, 6) is -0.0443. The molecule has 1 aromatic carbocycles. The van der Waals surface area contributed by atoms with Crippen molar-refractivity contribution < 1.29 is 12.8 Å². The average molecular weight is 349 g/mol. The Labute approximate surface area is 141 Å². The summed E-state index contributed by atoms with van der Waals surface area (Å²) in [5, 5.41) is 0. The SMILES string of the molecule is CS(=O)(=O)N1CCCC(Cc2cncc(-c3ccc(F)cc3)n2)C1. The standard InChI is InChI=1S/C17H20FN3O2S/c1-24(22,23)21-8-2-3-13(12-21)9-16-10-19-11-17(20-16)14-4-6-15(18)7-5-14/h4-7,10-11,13H,2-3,8-9,12H2,1H3. The van der Waals surface area contributed by atoms with Crippen molar-refractivity contribution in [1.29, 1.82) is 0 Å². The van der Waals surface area contributed by atoms with Gasteiger partial charge in [-0.3, -0.25) is 4.98 Å². The summed E-state index contributed by atoms with van der Waals surface area (Å²) in [4.78, 5) is 8.83. The highest BCUT2D eigenvalue weighted by Gasteiger charge is 2.26. The van der Waals surface area contributed by atoms with E-state index in [1.54, 1.807) is 28.8 Å². The Balaban J connectivity index is 1.74. The van der Waals surface area contributed by atoms with Crippen LogP contribution in [-0.2, 0) is 16.4 Å². The third kappa shape index (κ3) is 4.15. The Morgan fingerprint density at radius 2 is 2.00 bits per heavy atom. The van der Waals surface area contributed by atoms with Gasteiger partial charge in [0.15, 0.2) is 0 Å². The number of rotatable bonds is 4. The number of nitrogens with zero attached hydrogens (tertiary/aromatic N) is 3. The van der Waals surface area contributed by atoms with E-state index < -0.39 is 10.0 Å². The lowest BCUT2D eigenvalue weighted by Crippen LogP contribution is -2.39. The van der Waals surface area contributed by atoms with Gasteiger partial charge in [0.05, 0.1) is 23.8 Å². The summed E-state index contributed by atoms with van der Waals surface area (Å²) >= 11 is 0. The highest BCUT2D eigenvalue weighted by molar-refractivity contribution is 7.88. The van der Waals surface area contributed by atoms with Crippen LogP contribution >= 0.6 is 0 Å². The molecule has 0 radical (unpaired) electrons. The monoisotopic (exact) mass is 349 g/mol. The lowest BCUT2D eigenvalue weighted by atomic mass is 9.95. The maximum absolute atomic E-state index is 13.0. The first-order valence-electron chi connectivity index (χ1n) is 7.94. The minimum atomic E-state index is -3.14. The Kier molecular flexibility index (Phi) is 4.91. The molecule has 0 bridgehead atoms. The van der Waals surface area contributed by atoms with Crippen molar-refractivity contribution in [3.63, 3.8) is 0 Å². The summed E-state index contributed by atoms with van der Waals surface area (Å²) in [6.45, 7) is 1.12. The fourth-order valence-electron chi connectivity index (χ4n) is 3.05. The molecule has 0 saturated carbocycles. The first kappa shape index (κ1) is 17.0. The van der Waals surface area contributed by atoms with Crippen molar-refractivity contribution in [2.75, 3.05) is 19.3 Å². The number of hydrogen-bond donors (Lipinski definition) is 0. The molecule has 3 rings (SSSR count). The number of piperidine rings is 1. The van der Waals surface area contributed by atoms with Crippen LogP contribution in [0, 0.1) is 11.7 Å². The van der Waals surface area contributed by atoms with Crippen molar-refractivity contribution in [3.05, 3.63) is 48.2 Å². The summed E-state index contributed by atoms with van der Waals surface area (Å²) in [6.07, 6.45) is 7.16. The van der Waals surface area contributed by atoms with Gasteiger partial charge in [0.2, 0.25) is 10.0 Å². The second-order valence-corrected chi connectivity index (χ2v) is 8.22. The molecule has 2 aromatic rings. The minimum Gasteiger partial charge on any atom is -0.261 e. The highest BCUT2D eigenvalue weighted by Crippen LogP contribution is 2.23. The zero-order chi connectivity index (χ0) is 17.2. The lowest BCUT2D eigenvalue weighted by Gasteiger charge is -2.30. The van der Waals surface area contributed by atoms with Crippen molar-refractivity contribution in [2.24, 2.45) is 5.92 Å². The molecule has 24 heavy (non-hydrogen) atoms. The Hall–Kier alpha value is -1.86. The molecule has 1 aliphatic rings. The number of benzene rings is 1. The molecule has 0 spiro atoms. The molecule has 0 amide bonds. The van der Waals surface area contributed by atoms with Crippen molar-refractivity contribution in [1.82, 2.24) is 14.3 Å². The smallest absolute Gasteiger partial charge is 0.211 e. The van der Waals surface area contributed by atoms with Gasteiger partial charge < -0.3 is 0 Å². The molecule has 0 N–H and O–H groups in total. The van der Waals surface area contributed by atoms with E-state index in [-0.39, 0.29) is 11.7 Å². The van der Waals surface area contributed by atoms with Gasteiger partial charge in [-0.1, -0.05) is 0 Å². The van der Waals surface area contributed by atoms with Gasteiger partial charge in [-0.2, -0.15) is 0 Å². The first-order valence-corrected chi connectivity index (χ1v) is 9.78. The van der Waals surface area contributed by atoms with Gasteiger partial charge in [0.1, 0.15) is 5.82 Å². The Bertz CT molecular complexity index is 809. The van der Waals surface area contributed by atoms with Gasteiger partial charge in [-0.05, 0) is 49.4 Å². The lowest BCUT2D eigenvalue weighted by molar-refractivity contribution is 0.265. The molecule has 0 aliphatic carbocycles. The number of sulfonamides is 1. The van der Waals surface area contributed by atoms with Crippen molar-refractivity contribution in [3.8, 4) is 11.3 Å². The number of halogens is 1. The van der Waals surface area contributed by atoms with Crippen molar-refractivity contribution in [2.45, 2.75) is 19.3 Å². The van der Waals surface area contributed by atoms with Crippen molar-refractivity contribution >= 4 is 10.0 Å². The normalized spacial score (nSPS) is 19.3. The van der Waals surface area contributed by atoms with Crippen LogP contribution in [0.1, 0.15) is 18.5 Å². The summed E-state index contributed by atoms with van der Waals surface area (Å²) in [5.41, 5.74) is 2.34. The highest BCUT2D eigenvalue weighted by atomic mass is 32.2. The maximum Gasteiger partial charge on any atom is 0.211 e. The van der Waals surface area contributed by atoms with Gasteiger partial charge in [0, 0.05) is 24.8 Å². The molecule has 7 heteroatoms.